The number of nitrogens with zero attached hydrogens (tertiary/aromatic N) is 1. The molecule has 1 saturated heterocycles. The number of phosphoric acid groups is 1. The van der Waals surface area contributed by atoms with Crippen LogP contribution in [0.1, 0.15) is 6.23 Å². The number of rotatable bonds is 5. The van der Waals surface area contributed by atoms with Crippen molar-refractivity contribution in [3.05, 3.63) is 33.1 Å². The standard InChI is InChI=1S/C10H15N2O9P.2Na/c1-19-8-7(14)5(4-20-22(16,17)18)21-9(8)12-3-2-6(13)11-10(12)15;;/h2-3,5,7-9,14H,4H2,1H3,(H,11,13,15)(H2,16,17,18);;/q;2*+1/p-2/t5-,7-,8-,9-;;/m1../s1. The molecule has 11 nitrogen and oxygen atoms in total. The summed E-state index contributed by atoms with van der Waals surface area (Å²) in [6.07, 6.45) is -3.57. The molecule has 0 aliphatic carbocycles. The fourth-order valence-corrected chi connectivity index (χ4v) is 2.46. The maximum absolute atomic E-state index is 11.7. The number of nitrogens with one attached hydrogen (secondary N) is 1. The number of aromatic nitrogens is 2. The first-order valence-corrected chi connectivity index (χ1v) is 7.53. The first-order valence-electron chi connectivity index (χ1n) is 6.07. The monoisotopic (exact) mass is 382 g/mol. The number of hydrogen-bond acceptors (Lipinski definition) is 9. The van der Waals surface area contributed by atoms with E-state index in [-0.39, 0.29) is 59.1 Å². The normalized spacial score (nSPS) is 26.5. The smallest absolute Gasteiger partial charge is 0.790 e. The molecule has 2 heterocycles. The van der Waals surface area contributed by atoms with E-state index in [2.05, 4.69) is 4.52 Å². The van der Waals surface area contributed by atoms with Crippen molar-refractivity contribution in [2.24, 2.45) is 0 Å². The Bertz CT molecular complexity index is 689. The van der Waals surface area contributed by atoms with E-state index >= 15 is 0 Å². The van der Waals surface area contributed by atoms with Crippen LogP contribution in [0.3, 0.4) is 0 Å². The third kappa shape index (κ3) is 6.13. The van der Waals surface area contributed by atoms with Gasteiger partial charge in [-0.1, -0.05) is 0 Å². The minimum Gasteiger partial charge on any atom is -0.790 e. The zero-order chi connectivity index (χ0) is 16.5. The molecular formula is C10H13N2Na2O9P. The van der Waals surface area contributed by atoms with Crippen LogP contribution in [-0.4, -0.2) is 46.7 Å². The van der Waals surface area contributed by atoms with Crippen LogP contribution in [0.15, 0.2) is 21.9 Å². The first-order chi connectivity index (χ1) is 10.2. The SMILES string of the molecule is CO[C@@H]1[C@H](O)[C@@H](COP(=O)([O-])[O-])O[C@H]1n1ccc(=O)[nH]c1=O.[Na+].[Na+]. The van der Waals surface area contributed by atoms with Crippen molar-refractivity contribution in [2.45, 2.75) is 24.5 Å². The number of aliphatic hydroxyl groups excluding tert-OH is 1. The van der Waals surface area contributed by atoms with Gasteiger partial charge in [0.1, 0.15) is 18.3 Å². The largest absolute Gasteiger partial charge is 1.00 e. The molecule has 1 aromatic heterocycles. The van der Waals surface area contributed by atoms with Gasteiger partial charge in [0.25, 0.3) is 5.56 Å². The van der Waals surface area contributed by atoms with Gasteiger partial charge in [0.15, 0.2) is 6.23 Å². The molecule has 0 spiro atoms. The zero-order valence-corrected chi connectivity index (χ0v) is 18.2. The number of H-pyrrole nitrogens is 1. The number of phosphoric ester groups is 1. The third-order valence-corrected chi connectivity index (χ3v) is 3.57. The van der Waals surface area contributed by atoms with Gasteiger partial charge >= 0.3 is 64.8 Å². The predicted molar refractivity (Wildman–Crippen MR) is 65.6 cm³/mol. The van der Waals surface area contributed by atoms with E-state index in [0.717, 1.165) is 16.8 Å². The Labute approximate surface area is 180 Å². The molecular weight excluding hydrogens is 369 g/mol. The van der Waals surface area contributed by atoms with Gasteiger partial charge in [0, 0.05) is 19.4 Å². The first kappa shape index (κ1) is 24.7. The summed E-state index contributed by atoms with van der Waals surface area (Å²) in [4.78, 5) is 45.7. The molecule has 0 saturated carbocycles. The van der Waals surface area contributed by atoms with Gasteiger partial charge in [-0.25, -0.2) is 4.79 Å². The minimum atomic E-state index is -5.23. The molecule has 4 atom stereocenters. The van der Waals surface area contributed by atoms with Crippen molar-refractivity contribution in [3.63, 3.8) is 0 Å². The minimum absolute atomic E-state index is 0. The van der Waals surface area contributed by atoms with Crippen LogP contribution in [0.2, 0.25) is 0 Å². The molecule has 0 aromatic carbocycles. The summed E-state index contributed by atoms with van der Waals surface area (Å²) in [5.41, 5.74) is -1.42. The van der Waals surface area contributed by atoms with E-state index in [0.29, 0.717) is 0 Å². The van der Waals surface area contributed by atoms with Crippen LogP contribution < -0.4 is 80.2 Å². The summed E-state index contributed by atoms with van der Waals surface area (Å²) < 4.78 is 25.9. The van der Waals surface area contributed by atoms with Crippen molar-refractivity contribution < 1.29 is 92.6 Å². The number of methoxy groups -OCH3 is 1. The van der Waals surface area contributed by atoms with Crippen molar-refractivity contribution >= 4 is 7.82 Å². The summed E-state index contributed by atoms with van der Waals surface area (Å²) in [5.74, 6) is 0. The van der Waals surface area contributed by atoms with Crippen LogP contribution in [0.25, 0.3) is 0 Å². The summed E-state index contributed by atoms with van der Waals surface area (Å²) in [6.45, 7) is -0.722. The van der Waals surface area contributed by atoms with Crippen LogP contribution in [0.4, 0.5) is 0 Å². The van der Waals surface area contributed by atoms with E-state index in [4.69, 9.17) is 9.47 Å². The van der Waals surface area contributed by atoms with Crippen LogP contribution >= 0.6 is 7.82 Å². The summed E-state index contributed by atoms with van der Waals surface area (Å²) in [5, 5.41) is 10.0. The van der Waals surface area contributed by atoms with Crippen LogP contribution in [0.5, 0.6) is 0 Å². The van der Waals surface area contributed by atoms with Crippen molar-refractivity contribution in [1.29, 1.82) is 0 Å². The quantitative estimate of drug-likeness (QED) is 0.371. The second kappa shape index (κ2) is 10.1. The molecule has 2 N–H and O–H groups in total. The maximum atomic E-state index is 11.7. The topological polar surface area (TPSA) is 166 Å². The van der Waals surface area contributed by atoms with Crippen LogP contribution in [0, 0.1) is 0 Å². The number of aromatic amines is 1. The third-order valence-electron chi connectivity index (χ3n) is 3.11. The molecule has 0 radical (unpaired) electrons. The Morgan fingerprint density at radius 1 is 1.42 bits per heavy atom. The van der Waals surface area contributed by atoms with E-state index in [1.54, 1.807) is 0 Å². The van der Waals surface area contributed by atoms with E-state index in [1.807, 2.05) is 4.98 Å². The molecule has 1 fully saturated rings. The molecule has 1 aliphatic heterocycles. The molecule has 1 aromatic rings. The number of hydrogen-bond donors (Lipinski definition) is 2. The fourth-order valence-electron chi connectivity index (χ4n) is 2.13. The van der Waals surface area contributed by atoms with Gasteiger partial charge in [-0.2, -0.15) is 0 Å². The molecule has 14 heteroatoms. The maximum Gasteiger partial charge on any atom is 1.00 e. The van der Waals surface area contributed by atoms with Crippen molar-refractivity contribution in [1.82, 2.24) is 9.55 Å². The Balaban J connectivity index is 0.00000264. The number of ether oxygens (including phenoxy) is 2. The fraction of sp³-hybridized carbons (Fsp3) is 0.600. The summed E-state index contributed by atoms with van der Waals surface area (Å²) in [7, 11) is -3.98. The van der Waals surface area contributed by atoms with Gasteiger partial charge in [-0.15, -0.1) is 0 Å². The Morgan fingerprint density at radius 3 is 2.54 bits per heavy atom. The second-order valence-electron chi connectivity index (χ2n) is 4.52. The Kier molecular flexibility index (Phi) is 10.4. The Hall–Kier alpha value is 0.670. The molecule has 0 unspecified atom stereocenters. The van der Waals surface area contributed by atoms with Crippen LogP contribution in [-0.2, 0) is 18.6 Å². The molecule has 2 rings (SSSR count). The van der Waals surface area contributed by atoms with Gasteiger partial charge in [0.2, 0.25) is 0 Å². The van der Waals surface area contributed by atoms with Gasteiger partial charge in [-0.05, 0) is 0 Å². The molecule has 0 bridgehead atoms. The average Bonchev–Trinajstić information content (AvgIpc) is 2.72. The van der Waals surface area contributed by atoms with Crippen molar-refractivity contribution in [2.75, 3.05) is 13.7 Å². The zero-order valence-electron chi connectivity index (χ0n) is 13.3. The number of aliphatic hydroxyl groups is 1. The van der Waals surface area contributed by atoms with E-state index < -0.39 is 50.2 Å². The van der Waals surface area contributed by atoms with Gasteiger partial charge in [-0.3, -0.25) is 14.3 Å². The van der Waals surface area contributed by atoms with Crippen molar-refractivity contribution in [3.8, 4) is 0 Å². The Morgan fingerprint density at radius 2 is 2.04 bits per heavy atom. The molecule has 0 amide bonds. The van der Waals surface area contributed by atoms with E-state index in [1.165, 1.54) is 7.11 Å². The van der Waals surface area contributed by atoms with Gasteiger partial charge in [0.05, 0.1) is 14.4 Å². The molecule has 124 valence electrons. The van der Waals surface area contributed by atoms with E-state index in [9.17, 15) is 29.0 Å². The summed E-state index contributed by atoms with van der Waals surface area (Å²) >= 11 is 0. The molecule has 1 aliphatic rings. The summed E-state index contributed by atoms with van der Waals surface area (Å²) in [6, 6.07) is 1.07. The average molecular weight is 382 g/mol. The predicted octanol–water partition coefficient (Wildman–Crippen LogP) is -9.34. The second-order valence-corrected chi connectivity index (χ2v) is 5.67. The molecule has 24 heavy (non-hydrogen) atoms. The van der Waals surface area contributed by atoms with Gasteiger partial charge < -0.3 is 33.5 Å².